The van der Waals surface area contributed by atoms with Gasteiger partial charge in [-0.15, -0.1) is 0 Å². The van der Waals surface area contributed by atoms with E-state index in [0.29, 0.717) is 23.6 Å². The predicted octanol–water partition coefficient (Wildman–Crippen LogP) is 5.02. The van der Waals surface area contributed by atoms with E-state index in [-0.39, 0.29) is 41.4 Å². The second kappa shape index (κ2) is 6.51. The topological polar surface area (TPSA) is 59.8 Å². The minimum absolute atomic E-state index is 0.0527. The molecule has 6 rings (SSSR count). The van der Waals surface area contributed by atoms with Gasteiger partial charge in [-0.3, -0.25) is 4.79 Å². The number of hydrogen-bond acceptors (Lipinski definition) is 4. The van der Waals surface area contributed by atoms with Crippen LogP contribution in [0.4, 0.5) is 23.4 Å². The third-order valence-electron chi connectivity index (χ3n) is 6.20. The summed E-state index contributed by atoms with van der Waals surface area (Å²) in [6, 6.07) is 3.83. The molecule has 1 N–H and O–H groups in total. The van der Waals surface area contributed by atoms with Crippen molar-refractivity contribution in [1.29, 1.82) is 0 Å². The smallest absolute Gasteiger partial charge is 0.273 e. The first-order valence-electron chi connectivity index (χ1n) is 9.68. The van der Waals surface area contributed by atoms with Crippen LogP contribution in [0.2, 0.25) is 0 Å². The van der Waals surface area contributed by atoms with Gasteiger partial charge in [-0.25, -0.2) is 27.5 Å². The van der Waals surface area contributed by atoms with E-state index in [4.69, 9.17) is 0 Å². The number of halogens is 5. The number of fused-ring (bicyclic) bond motifs is 1. The van der Waals surface area contributed by atoms with Gasteiger partial charge in [0.15, 0.2) is 0 Å². The van der Waals surface area contributed by atoms with Crippen LogP contribution in [0.1, 0.15) is 37.3 Å². The van der Waals surface area contributed by atoms with Crippen LogP contribution in [0, 0.1) is 5.82 Å². The molecular formula is C21H17BrF4N4O. The SMILES string of the molecule is CC(F)(F)c1cccc(CNc2ncnc3c(Br)c(=O)n(C45CC(F)(C4)C5)cc23)c1F. The van der Waals surface area contributed by atoms with Gasteiger partial charge in [0.25, 0.3) is 11.5 Å². The predicted molar refractivity (Wildman–Crippen MR) is 110 cm³/mol. The lowest BCUT2D eigenvalue weighted by atomic mass is 9.47. The first-order valence-corrected chi connectivity index (χ1v) is 10.5. The highest BCUT2D eigenvalue weighted by Gasteiger charge is 2.70. The zero-order valence-electron chi connectivity index (χ0n) is 16.4. The van der Waals surface area contributed by atoms with Gasteiger partial charge in [-0.2, -0.15) is 0 Å². The molecule has 1 aromatic carbocycles. The minimum Gasteiger partial charge on any atom is -0.365 e. The van der Waals surface area contributed by atoms with Crippen LogP contribution in [0.5, 0.6) is 0 Å². The first-order chi connectivity index (χ1) is 14.5. The van der Waals surface area contributed by atoms with Gasteiger partial charge < -0.3 is 9.88 Å². The average molecular weight is 497 g/mol. The quantitative estimate of drug-likeness (QED) is 0.504. The van der Waals surface area contributed by atoms with Crippen molar-refractivity contribution in [3.8, 4) is 0 Å². The first kappa shape index (κ1) is 20.4. The van der Waals surface area contributed by atoms with Crippen LogP contribution in [-0.2, 0) is 18.0 Å². The molecule has 0 aliphatic heterocycles. The number of nitrogens with zero attached hydrogens (tertiary/aromatic N) is 3. The molecule has 10 heteroatoms. The van der Waals surface area contributed by atoms with E-state index in [1.54, 1.807) is 6.20 Å². The number of pyridine rings is 1. The molecule has 2 bridgehead atoms. The fourth-order valence-corrected chi connectivity index (χ4v) is 5.19. The van der Waals surface area contributed by atoms with Crippen molar-refractivity contribution in [2.24, 2.45) is 0 Å². The summed E-state index contributed by atoms with van der Waals surface area (Å²) in [5.41, 5.74) is -2.30. The lowest BCUT2D eigenvalue weighted by Gasteiger charge is -2.66. The third kappa shape index (κ3) is 3.06. The molecule has 0 atom stereocenters. The van der Waals surface area contributed by atoms with Gasteiger partial charge >= 0.3 is 0 Å². The summed E-state index contributed by atoms with van der Waals surface area (Å²) < 4.78 is 57.6. The van der Waals surface area contributed by atoms with Crippen LogP contribution in [0.3, 0.4) is 0 Å². The molecule has 3 aromatic rings. The van der Waals surface area contributed by atoms with Crippen molar-refractivity contribution < 1.29 is 17.6 Å². The number of nitrogens with one attached hydrogen (secondary N) is 1. The average Bonchev–Trinajstić information content (AvgIpc) is 2.66. The van der Waals surface area contributed by atoms with E-state index in [9.17, 15) is 22.4 Å². The van der Waals surface area contributed by atoms with E-state index in [1.165, 1.54) is 23.0 Å². The van der Waals surface area contributed by atoms with E-state index in [1.807, 2.05) is 0 Å². The highest BCUT2D eigenvalue weighted by atomic mass is 79.9. The second-order valence-corrected chi connectivity index (χ2v) is 9.32. The fourth-order valence-electron chi connectivity index (χ4n) is 4.68. The maximum absolute atomic E-state index is 14.6. The summed E-state index contributed by atoms with van der Waals surface area (Å²) in [6.45, 7) is 0.543. The van der Waals surface area contributed by atoms with Crippen molar-refractivity contribution >= 4 is 32.7 Å². The van der Waals surface area contributed by atoms with Crippen molar-refractivity contribution in [2.45, 2.75) is 49.9 Å². The molecule has 0 saturated heterocycles. The summed E-state index contributed by atoms with van der Waals surface area (Å²) in [7, 11) is 0. The Morgan fingerprint density at radius 1 is 1.26 bits per heavy atom. The molecule has 162 valence electrons. The van der Waals surface area contributed by atoms with Crippen molar-refractivity contribution in [3.63, 3.8) is 0 Å². The normalized spacial score (nSPS) is 24.6. The highest BCUT2D eigenvalue weighted by molar-refractivity contribution is 9.10. The van der Waals surface area contributed by atoms with Crippen LogP contribution in [-0.4, -0.2) is 20.2 Å². The Labute approximate surface area is 182 Å². The molecular weight excluding hydrogens is 480 g/mol. The molecule has 3 aliphatic carbocycles. The fraction of sp³-hybridized carbons (Fsp3) is 0.381. The molecule has 0 radical (unpaired) electrons. The summed E-state index contributed by atoms with van der Waals surface area (Å²) in [5.74, 6) is -3.98. The number of alkyl halides is 3. The minimum atomic E-state index is -3.31. The monoisotopic (exact) mass is 496 g/mol. The molecule has 2 heterocycles. The number of rotatable bonds is 5. The lowest BCUT2D eigenvalue weighted by molar-refractivity contribution is -0.199. The van der Waals surface area contributed by atoms with Crippen molar-refractivity contribution in [2.75, 3.05) is 5.32 Å². The Hall–Kier alpha value is -2.49. The number of aromatic nitrogens is 3. The van der Waals surface area contributed by atoms with Gasteiger partial charge in [0.1, 0.15) is 28.1 Å². The standard InChI is InChI=1S/C21H17BrF4N4O/c1-19(24,25)13-4-2-3-11(15(13)23)5-27-17-12-6-30(21-7-20(26,8-21)9-21)18(31)14(22)16(12)28-10-29-17/h2-4,6,10H,5,7-9H2,1H3,(H,27,28,29). The molecule has 0 spiro atoms. The zero-order chi connectivity index (χ0) is 22.2. The summed E-state index contributed by atoms with van der Waals surface area (Å²) in [6.07, 6.45) is 3.72. The van der Waals surface area contributed by atoms with Crippen LogP contribution in [0.25, 0.3) is 10.9 Å². The van der Waals surface area contributed by atoms with Crippen molar-refractivity contribution in [1.82, 2.24) is 14.5 Å². The number of benzene rings is 1. The van der Waals surface area contributed by atoms with Gasteiger partial charge in [-0.05, 0) is 15.9 Å². The van der Waals surface area contributed by atoms with Gasteiger partial charge in [0.05, 0.1) is 22.0 Å². The number of hydrogen-bond donors (Lipinski definition) is 1. The van der Waals surface area contributed by atoms with Gasteiger partial charge in [-0.1, -0.05) is 18.2 Å². The molecule has 3 fully saturated rings. The van der Waals surface area contributed by atoms with Gasteiger partial charge in [0, 0.05) is 44.5 Å². The summed E-state index contributed by atoms with van der Waals surface area (Å²) in [5, 5.41) is 3.45. The zero-order valence-corrected chi connectivity index (χ0v) is 17.9. The molecule has 0 unspecified atom stereocenters. The Morgan fingerprint density at radius 2 is 1.97 bits per heavy atom. The summed E-state index contributed by atoms with van der Waals surface area (Å²) >= 11 is 3.29. The molecule has 0 amide bonds. The lowest BCUT2D eigenvalue weighted by Crippen LogP contribution is -2.71. The molecule has 31 heavy (non-hydrogen) atoms. The molecule has 3 aliphatic rings. The number of anilines is 1. The second-order valence-electron chi connectivity index (χ2n) is 8.53. The van der Waals surface area contributed by atoms with Crippen LogP contribution < -0.4 is 10.9 Å². The van der Waals surface area contributed by atoms with E-state index < -0.39 is 28.5 Å². The Kier molecular flexibility index (Phi) is 4.28. The van der Waals surface area contributed by atoms with Crippen LogP contribution in [0.15, 0.2) is 40.0 Å². The maximum Gasteiger partial charge on any atom is 0.273 e. The molecule has 2 aromatic heterocycles. The van der Waals surface area contributed by atoms with E-state index >= 15 is 0 Å². The summed E-state index contributed by atoms with van der Waals surface area (Å²) in [4.78, 5) is 21.2. The maximum atomic E-state index is 14.6. The largest absolute Gasteiger partial charge is 0.365 e. The van der Waals surface area contributed by atoms with Gasteiger partial charge in [0.2, 0.25) is 0 Å². The Bertz CT molecular complexity index is 1270. The molecule has 3 saturated carbocycles. The van der Waals surface area contributed by atoms with E-state index in [2.05, 4.69) is 31.2 Å². The Morgan fingerprint density at radius 3 is 2.61 bits per heavy atom. The van der Waals surface area contributed by atoms with E-state index in [0.717, 1.165) is 6.07 Å². The highest BCUT2D eigenvalue weighted by Crippen LogP contribution is 2.67. The van der Waals surface area contributed by atoms with Crippen molar-refractivity contribution in [3.05, 3.63) is 62.5 Å². The Balaban J connectivity index is 1.52. The third-order valence-corrected chi connectivity index (χ3v) is 6.92. The van der Waals surface area contributed by atoms with Crippen LogP contribution >= 0.6 is 15.9 Å². The molecule has 5 nitrogen and oxygen atoms in total.